The van der Waals surface area contributed by atoms with Gasteiger partial charge < -0.3 is 20.1 Å². The summed E-state index contributed by atoms with van der Waals surface area (Å²) in [4.78, 5) is 4.81. The number of methoxy groups -OCH3 is 1. The molecule has 1 aromatic carbocycles. The topological polar surface area (TPSA) is 54.9 Å². The molecule has 0 bridgehead atoms. The Morgan fingerprint density at radius 2 is 2.08 bits per heavy atom. The van der Waals surface area contributed by atoms with Crippen LogP contribution in [0.4, 0.5) is 0 Å². The van der Waals surface area contributed by atoms with E-state index >= 15 is 0 Å². The molecule has 3 atom stereocenters. The molecule has 0 aromatic heterocycles. The SMILES string of the molecule is CCNC(=NCc1ccc(OC)cc1)NC1C2CCOC2C12CCC2.I. The number of guanidine groups is 1. The lowest BCUT2D eigenvalue weighted by atomic mass is 9.46. The van der Waals surface area contributed by atoms with Gasteiger partial charge in [-0.1, -0.05) is 18.6 Å². The van der Waals surface area contributed by atoms with Gasteiger partial charge >= 0.3 is 0 Å². The maximum absolute atomic E-state index is 6.02. The standard InChI is InChI=1S/C20H29N3O2.HI/c1-3-21-19(22-13-14-5-7-15(24-2)8-6-14)23-17-16-9-12-25-18(16)20(17)10-4-11-20;/h5-8,16-18H,3-4,9-13H2,1-2H3,(H2,21,22,23);1H. The summed E-state index contributed by atoms with van der Waals surface area (Å²) in [7, 11) is 1.69. The van der Waals surface area contributed by atoms with Crippen molar-refractivity contribution in [2.45, 2.75) is 51.3 Å². The Morgan fingerprint density at radius 1 is 1.31 bits per heavy atom. The van der Waals surface area contributed by atoms with Gasteiger partial charge in [-0.05, 0) is 43.9 Å². The van der Waals surface area contributed by atoms with Crippen LogP contribution in [-0.4, -0.2) is 38.4 Å². The van der Waals surface area contributed by atoms with Gasteiger partial charge in [-0.3, -0.25) is 0 Å². The van der Waals surface area contributed by atoms with Crippen LogP contribution in [0.15, 0.2) is 29.3 Å². The van der Waals surface area contributed by atoms with E-state index in [0.29, 0.717) is 30.0 Å². The maximum atomic E-state index is 6.02. The summed E-state index contributed by atoms with van der Waals surface area (Å²) >= 11 is 0. The molecule has 2 saturated carbocycles. The van der Waals surface area contributed by atoms with Gasteiger partial charge in [0.15, 0.2) is 5.96 Å². The van der Waals surface area contributed by atoms with Crippen molar-refractivity contribution in [3.63, 3.8) is 0 Å². The largest absolute Gasteiger partial charge is 0.497 e. The molecule has 26 heavy (non-hydrogen) atoms. The molecule has 2 N–H and O–H groups in total. The highest BCUT2D eigenvalue weighted by molar-refractivity contribution is 14.0. The fourth-order valence-electron chi connectivity index (χ4n) is 4.82. The van der Waals surface area contributed by atoms with Crippen molar-refractivity contribution >= 4 is 29.9 Å². The van der Waals surface area contributed by atoms with Crippen LogP contribution in [0.5, 0.6) is 5.75 Å². The molecule has 1 spiro atoms. The first-order valence-corrected chi connectivity index (χ1v) is 9.56. The van der Waals surface area contributed by atoms with E-state index in [2.05, 4.69) is 29.7 Å². The predicted molar refractivity (Wildman–Crippen MR) is 114 cm³/mol. The molecule has 5 nitrogen and oxygen atoms in total. The summed E-state index contributed by atoms with van der Waals surface area (Å²) in [5.74, 6) is 2.47. The van der Waals surface area contributed by atoms with Gasteiger partial charge in [-0.2, -0.15) is 0 Å². The molecule has 3 aliphatic rings. The van der Waals surface area contributed by atoms with E-state index in [0.717, 1.165) is 24.9 Å². The smallest absolute Gasteiger partial charge is 0.191 e. The van der Waals surface area contributed by atoms with Crippen LogP contribution in [-0.2, 0) is 11.3 Å². The van der Waals surface area contributed by atoms with E-state index in [4.69, 9.17) is 14.5 Å². The number of hydrogen-bond donors (Lipinski definition) is 2. The number of nitrogens with zero attached hydrogens (tertiary/aromatic N) is 1. The molecule has 144 valence electrons. The molecule has 1 saturated heterocycles. The van der Waals surface area contributed by atoms with E-state index in [1.165, 1.54) is 31.2 Å². The summed E-state index contributed by atoms with van der Waals surface area (Å²) in [5, 5.41) is 7.16. The minimum atomic E-state index is 0. The van der Waals surface area contributed by atoms with E-state index in [1.54, 1.807) is 7.11 Å². The average molecular weight is 471 g/mol. The van der Waals surface area contributed by atoms with Crippen molar-refractivity contribution in [1.82, 2.24) is 10.6 Å². The van der Waals surface area contributed by atoms with Crippen LogP contribution >= 0.6 is 24.0 Å². The Morgan fingerprint density at radius 3 is 2.69 bits per heavy atom. The first kappa shape index (κ1) is 19.7. The fourth-order valence-corrected chi connectivity index (χ4v) is 4.82. The molecule has 1 aliphatic heterocycles. The highest BCUT2D eigenvalue weighted by Crippen LogP contribution is 2.62. The van der Waals surface area contributed by atoms with E-state index in [1.807, 2.05) is 12.1 Å². The second kappa shape index (κ2) is 8.33. The molecule has 1 aromatic rings. The van der Waals surface area contributed by atoms with Crippen LogP contribution in [0.25, 0.3) is 0 Å². The third-order valence-corrected chi connectivity index (χ3v) is 6.25. The van der Waals surface area contributed by atoms with Gasteiger partial charge in [-0.25, -0.2) is 4.99 Å². The molecular formula is C20H30IN3O2. The molecular weight excluding hydrogens is 441 g/mol. The zero-order valence-electron chi connectivity index (χ0n) is 15.7. The lowest BCUT2D eigenvalue weighted by Crippen LogP contribution is -2.72. The van der Waals surface area contributed by atoms with Crippen LogP contribution in [0.2, 0.25) is 0 Å². The first-order chi connectivity index (χ1) is 12.3. The molecule has 6 heteroatoms. The van der Waals surface area contributed by atoms with Crippen molar-refractivity contribution in [1.29, 1.82) is 0 Å². The van der Waals surface area contributed by atoms with Crippen molar-refractivity contribution in [2.75, 3.05) is 20.3 Å². The highest BCUT2D eigenvalue weighted by Gasteiger charge is 2.66. The summed E-state index contributed by atoms with van der Waals surface area (Å²) in [6.45, 7) is 4.59. The van der Waals surface area contributed by atoms with Gasteiger partial charge in [0, 0.05) is 30.5 Å². The summed E-state index contributed by atoms with van der Waals surface area (Å²) < 4.78 is 11.2. The number of halogens is 1. The van der Waals surface area contributed by atoms with Crippen LogP contribution < -0.4 is 15.4 Å². The molecule has 4 rings (SSSR count). The van der Waals surface area contributed by atoms with Crippen molar-refractivity contribution in [2.24, 2.45) is 16.3 Å². The zero-order chi connectivity index (χ0) is 17.3. The Kier molecular flexibility index (Phi) is 6.33. The second-order valence-corrected chi connectivity index (χ2v) is 7.50. The van der Waals surface area contributed by atoms with E-state index in [-0.39, 0.29) is 24.0 Å². The number of fused-ring (bicyclic) bond motifs is 2. The minimum Gasteiger partial charge on any atom is -0.497 e. The van der Waals surface area contributed by atoms with Gasteiger partial charge in [0.05, 0.1) is 19.8 Å². The van der Waals surface area contributed by atoms with Crippen LogP contribution in [0.1, 0.15) is 38.2 Å². The van der Waals surface area contributed by atoms with Gasteiger partial charge in [-0.15, -0.1) is 24.0 Å². The number of nitrogens with one attached hydrogen (secondary N) is 2. The molecule has 2 aliphatic carbocycles. The predicted octanol–water partition coefficient (Wildman–Crippen LogP) is 3.33. The summed E-state index contributed by atoms with van der Waals surface area (Å²) in [6, 6.07) is 8.64. The third-order valence-electron chi connectivity index (χ3n) is 6.25. The maximum Gasteiger partial charge on any atom is 0.191 e. The Balaban J connectivity index is 0.00000196. The lowest BCUT2D eigenvalue weighted by Gasteiger charge is -2.63. The third kappa shape index (κ3) is 3.42. The van der Waals surface area contributed by atoms with E-state index < -0.39 is 0 Å². The van der Waals surface area contributed by atoms with Gasteiger partial charge in [0.2, 0.25) is 0 Å². The lowest BCUT2D eigenvalue weighted by molar-refractivity contribution is -0.171. The number of benzene rings is 1. The van der Waals surface area contributed by atoms with E-state index in [9.17, 15) is 0 Å². The molecule has 3 unspecified atom stereocenters. The zero-order valence-corrected chi connectivity index (χ0v) is 18.0. The van der Waals surface area contributed by atoms with Gasteiger partial charge in [0.1, 0.15) is 5.75 Å². The Bertz CT molecular complexity index is 630. The number of ether oxygens (including phenoxy) is 2. The summed E-state index contributed by atoms with van der Waals surface area (Å²) in [5.41, 5.74) is 1.56. The average Bonchev–Trinajstić information content (AvgIpc) is 3.01. The van der Waals surface area contributed by atoms with Gasteiger partial charge in [0.25, 0.3) is 0 Å². The summed E-state index contributed by atoms with van der Waals surface area (Å²) in [6.07, 6.45) is 5.60. The first-order valence-electron chi connectivity index (χ1n) is 9.56. The minimum absolute atomic E-state index is 0. The second-order valence-electron chi connectivity index (χ2n) is 7.50. The van der Waals surface area contributed by atoms with Crippen molar-refractivity contribution in [3.8, 4) is 5.75 Å². The van der Waals surface area contributed by atoms with Crippen LogP contribution in [0.3, 0.4) is 0 Å². The quantitative estimate of drug-likeness (QED) is 0.393. The Labute approximate surface area is 173 Å². The number of hydrogen-bond acceptors (Lipinski definition) is 3. The number of rotatable bonds is 5. The number of aliphatic imine (C=N–C) groups is 1. The van der Waals surface area contributed by atoms with Crippen molar-refractivity contribution < 1.29 is 9.47 Å². The highest BCUT2D eigenvalue weighted by atomic mass is 127. The molecule has 1 heterocycles. The van der Waals surface area contributed by atoms with Crippen molar-refractivity contribution in [3.05, 3.63) is 29.8 Å². The monoisotopic (exact) mass is 471 g/mol. The normalized spacial score (nSPS) is 28.4. The molecule has 0 amide bonds. The van der Waals surface area contributed by atoms with Crippen LogP contribution in [0, 0.1) is 11.3 Å². The molecule has 0 radical (unpaired) electrons. The Hall–Kier alpha value is -1.02. The fraction of sp³-hybridized carbons (Fsp3) is 0.650. The molecule has 3 fully saturated rings.